The third-order valence-electron chi connectivity index (χ3n) is 3.28. The molecule has 0 heterocycles. The normalized spacial score (nSPS) is 13.6. The Bertz CT molecular complexity index is 407. The van der Waals surface area contributed by atoms with Gasteiger partial charge in [0.25, 0.3) is 0 Å². The van der Waals surface area contributed by atoms with Crippen LogP contribution in [-0.4, -0.2) is 25.3 Å². The van der Waals surface area contributed by atoms with Gasteiger partial charge in [-0.05, 0) is 44.9 Å². The van der Waals surface area contributed by atoms with E-state index < -0.39 is 0 Å². The Balaban J connectivity index is 2.81. The number of hydrogen-bond donors (Lipinski definition) is 1. The van der Waals surface area contributed by atoms with Crippen LogP contribution in [0.3, 0.4) is 0 Å². The lowest BCUT2D eigenvalue weighted by atomic mass is 9.94. The van der Waals surface area contributed by atoms with Crippen LogP contribution in [0.25, 0.3) is 0 Å². The molecule has 0 aliphatic rings. The molecule has 0 bridgehead atoms. The van der Waals surface area contributed by atoms with Crippen molar-refractivity contribution >= 4 is 23.2 Å². The fourth-order valence-electron chi connectivity index (χ4n) is 2.15. The van der Waals surface area contributed by atoms with Gasteiger partial charge in [-0.3, -0.25) is 0 Å². The second kappa shape index (κ2) is 7.49. The summed E-state index contributed by atoms with van der Waals surface area (Å²) in [5, 5.41) is 4.75. The molecule has 0 spiro atoms. The van der Waals surface area contributed by atoms with E-state index in [1.807, 2.05) is 18.2 Å². The molecule has 0 saturated heterocycles. The number of methoxy groups -OCH3 is 1. The number of hydrogen-bond acceptors (Lipinski definition) is 2. The molecular weight excluding hydrogens is 281 g/mol. The molecule has 1 rings (SSSR count). The average molecular weight is 304 g/mol. The molecule has 19 heavy (non-hydrogen) atoms. The molecule has 0 fully saturated rings. The summed E-state index contributed by atoms with van der Waals surface area (Å²) >= 11 is 12.3. The summed E-state index contributed by atoms with van der Waals surface area (Å²) in [7, 11) is 1.75. The van der Waals surface area contributed by atoms with Gasteiger partial charge in [0.2, 0.25) is 0 Å². The first-order chi connectivity index (χ1) is 8.89. The van der Waals surface area contributed by atoms with Crippen LogP contribution >= 0.6 is 23.2 Å². The zero-order valence-electron chi connectivity index (χ0n) is 12.1. The number of halogens is 2. The summed E-state index contributed by atoms with van der Waals surface area (Å²) in [6.45, 7) is 7.21. The van der Waals surface area contributed by atoms with Gasteiger partial charge in [0.1, 0.15) is 0 Å². The number of nitrogens with one attached hydrogen (secondary N) is 1. The minimum Gasteiger partial charge on any atom is -0.379 e. The van der Waals surface area contributed by atoms with Crippen LogP contribution in [-0.2, 0) is 11.2 Å². The van der Waals surface area contributed by atoms with E-state index >= 15 is 0 Å². The van der Waals surface area contributed by atoms with Gasteiger partial charge >= 0.3 is 0 Å². The van der Waals surface area contributed by atoms with Crippen LogP contribution in [0.1, 0.15) is 32.8 Å². The summed E-state index contributed by atoms with van der Waals surface area (Å²) < 4.78 is 5.51. The van der Waals surface area contributed by atoms with Gasteiger partial charge < -0.3 is 10.1 Å². The molecule has 108 valence electrons. The summed E-state index contributed by atoms with van der Waals surface area (Å²) in [4.78, 5) is 0. The second-order valence-electron chi connectivity index (χ2n) is 5.34. The average Bonchev–Trinajstić information content (AvgIpc) is 2.35. The third kappa shape index (κ3) is 5.31. The number of likely N-dealkylation sites (N-methyl/N-ethyl adjacent to an activating group) is 1. The van der Waals surface area contributed by atoms with E-state index in [2.05, 4.69) is 26.1 Å². The standard InChI is InChI=1S/C15H23Cl2NO/c1-5-18-12(10-15(2,3)19-4)9-11-7-6-8-13(16)14(11)17/h6-8,12,18H,5,9-10H2,1-4H3. The summed E-state index contributed by atoms with van der Waals surface area (Å²) in [5.41, 5.74) is 0.921. The van der Waals surface area contributed by atoms with Gasteiger partial charge in [-0.15, -0.1) is 0 Å². The maximum absolute atomic E-state index is 6.25. The molecule has 1 aromatic carbocycles. The van der Waals surface area contributed by atoms with E-state index in [4.69, 9.17) is 27.9 Å². The van der Waals surface area contributed by atoms with Crippen LogP contribution in [0.5, 0.6) is 0 Å². The van der Waals surface area contributed by atoms with Crippen LogP contribution in [0.4, 0.5) is 0 Å². The van der Waals surface area contributed by atoms with E-state index in [-0.39, 0.29) is 5.60 Å². The molecule has 0 aliphatic heterocycles. The highest BCUT2D eigenvalue weighted by Gasteiger charge is 2.23. The van der Waals surface area contributed by atoms with Gasteiger partial charge in [-0.1, -0.05) is 42.3 Å². The van der Waals surface area contributed by atoms with Crippen molar-refractivity contribution in [3.05, 3.63) is 33.8 Å². The third-order valence-corrected chi connectivity index (χ3v) is 4.14. The van der Waals surface area contributed by atoms with E-state index in [1.54, 1.807) is 7.11 Å². The first kappa shape index (κ1) is 16.8. The topological polar surface area (TPSA) is 21.3 Å². The zero-order valence-corrected chi connectivity index (χ0v) is 13.6. The van der Waals surface area contributed by atoms with E-state index in [0.29, 0.717) is 16.1 Å². The van der Waals surface area contributed by atoms with Crippen molar-refractivity contribution in [1.29, 1.82) is 0 Å². The van der Waals surface area contributed by atoms with E-state index in [0.717, 1.165) is 24.9 Å². The number of ether oxygens (including phenoxy) is 1. The van der Waals surface area contributed by atoms with Crippen molar-refractivity contribution in [2.45, 2.75) is 45.3 Å². The molecular formula is C15H23Cl2NO. The van der Waals surface area contributed by atoms with Crippen LogP contribution in [0.15, 0.2) is 18.2 Å². The van der Waals surface area contributed by atoms with Gasteiger partial charge in [-0.2, -0.15) is 0 Å². The smallest absolute Gasteiger partial charge is 0.0637 e. The lowest BCUT2D eigenvalue weighted by Crippen LogP contribution is -2.39. The van der Waals surface area contributed by atoms with E-state index in [1.165, 1.54) is 0 Å². The molecule has 0 aromatic heterocycles. The molecule has 0 amide bonds. The Morgan fingerprint density at radius 2 is 2.00 bits per heavy atom. The van der Waals surface area contributed by atoms with Gasteiger partial charge in [0.05, 0.1) is 15.6 Å². The minimum atomic E-state index is -0.155. The zero-order chi connectivity index (χ0) is 14.5. The Morgan fingerprint density at radius 3 is 2.58 bits per heavy atom. The lowest BCUT2D eigenvalue weighted by Gasteiger charge is -2.29. The maximum Gasteiger partial charge on any atom is 0.0637 e. The van der Waals surface area contributed by atoms with Crippen molar-refractivity contribution in [2.75, 3.05) is 13.7 Å². The fraction of sp³-hybridized carbons (Fsp3) is 0.600. The monoisotopic (exact) mass is 303 g/mol. The molecule has 4 heteroatoms. The van der Waals surface area contributed by atoms with Crippen molar-refractivity contribution in [3.8, 4) is 0 Å². The molecule has 1 N–H and O–H groups in total. The highest BCUT2D eigenvalue weighted by atomic mass is 35.5. The van der Waals surface area contributed by atoms with E-state index in [9.17, 15) is 0 Å². The van der Waals surface area contributed by atoms with Crippen molar-refractivity contribution in [3.63, 3.8) is 0 Å². The largest absolute Gasteiger partial charge is 0.379 e. The Kier molecular flexibility index (Phi) is 6.61. The van der Waals surface area contributed by atoms with Crippen LogP contribution in [0.2, 0.25) is 10.0 Å². The summed E-state index contributed by atoms with van der Waals surface area (Å²) in [5.74, 6) is 0. The molecule has 2 nitrogen and oxygen atoms in total. The number of benzene rings is 1. The quantitative estimate of drug-likeness (QED) is 0.809. The van der Waals surface area contributed by atoms with Crippen molar-refractivity contribution in [1.82, 2.24) is 5.32 Å². The fourth-order valence-corrected chi connectivity index (χ4v) is 2.55. The summed E-state index contributed by atoms with van der Waals surface area (Å²) in [6.07, 6.45) is 1.76. The number of rotatable bonds is 7. The van der Waals surface area contributed by atoms with Gasteiger partial charge in [-0.25, -0.2) is 0 Å². The molecule has 1 atom stereocenters. The second-order valence-corrected chi connectivity index (χ2v) is 6.12. The molecule has 1 unspecified atom stereocenters. The van der Waals surface area contributed by atoms with Crippen LogP contribution in [0, 0.1) is 0 Å². The van der Waals surface area contributed by atoms with Crippen molar-refractivity contribution in [2.24, 2.45) is 0 Å². The maximum atomic E-state index is 6.25. The molecule has 1 aromatic rings. The lowest BCUT2D eigenvalue weighted by molar-refractivity contribution is 0.00727. The minimum absolute atomic E-state index is 0.155. The van der Waals surface area contributed by atoms with Crippen LogP contribution < -0.4 is 5.32 Å². The predicted molar refractivity (Wildman–Crippen MR) is 83.3 cm³/mol. The van der Waals surface area contributed by atoms with Gasteiger partial charge in [0.15, 0.2) is 0 Å². The highest BCUT2D eigenvalue weighted by Crippen LogP contribution is 2.28. The molecule has 0 aliphatic carbocycles. The highest BCUT2D eigenvalue weighted by molar-refractivity contribution is 6.42. The molecule has 0 saturated carbocycles. The summed E-state index contributed by atoms with van der Waals surface area (Å²) in [6, 6.07) is 6.09. The van der Waals surface area contributed by atoms with Gasteiger partial charge in [0, 0.05) is 13.2 Å². The Labute approximate surface area is 126 Å². The Morgan fingerprint density at radius 1 is 1.32 bits per heavy atom. The SMILES string of the molecule is CCNC(Cc1cccc(Cl)c1Cl)CC(C)(C)OC. The Hall–Kier alpha value is -0.280. The first-order valence-electron chi connectivity index (χ1n) is 6.61. The molecule has 0 radical (unpaired) electrons. The van der Waals surface area contributed by atoms with Crippen molar-refractivity contribution < 1.29 is 4.74 Å². The predicted octanol–water partition coefficient (Wildman–Crippen LogP) is 4.33. The first-order valence-corrected chi connectivity index (χ1v) is 7.36.